The monoisotopic (exact) mass is 162 g/mol. The van der Waals surface area contributed by atoms with E-state index in [9.17, 15) is 10.1 Å². The minimum absolute atomic E-state index is 0.128. The Labute approximate surface area is 66.4 Å². The molecule has 0 unspecified atom stereocenters. The van der Waals surface area contributed by atoms with E-state index in [0.29, 0.717) is 13.0 Å². The van der Waals surface area contributed by atoms with Crippen LogP contribution in [0.4, 0.5) is 4.79 Å². The summed E-state index contributed by atoms with van der Waals surface area (Å²) in [5, 5.41) is 10.6. The predicted octanol–water partition coefficient (Wildman–Crippen LogP) is 0.771. The van der Waals surface area contributed by atoms with Crippen molar-refractivity contribution < 1.29 is 19.3 Å². The molecule has 0 atom stereocenters. The van der Waals surface area contributed by atoms with Crippen molar-refractivity contribution in [3.8, 4) is 0 Å². The number of carbonyl (C=O) groups is 1. The van der Waals surface area contributed by atoms with Crippen LogP contribution in [0.25, 0.3) is 0 Å². The molecule has 0 aliphatic carbocycles. The van der Waals surface area contributed by atoms with Crippen LogP contribution in [0.3, 0.4) is 0 Å². The van der Waals surface area contributed by atoms with Crippen LogP contribution in [0, 0.1) is 0 Å². The van der Waals surface area contributed by atoms with Gasteiger partial charge in [-0.3, -0.25) is 0 Å². The zero-order valence-electron chi connectivity index (χ0n) is 6.96. The summed E-state index contributed by atoms with van der Waals surface area (Å²) in [6.45, 7) is 4.11. The second kappa shape index (κ2) is 5.97. The summed E-state index contributed by atoms with van der Waals surface area (Å²) in [4.78, 5) is 10.6. The van der Waals surface area contributed by atoms with Crippen molar-refractivity contribution in [3.05, 3.63) is 0 Å². The maximum atomic E-state index is 10.6. The Balaban J connectivity index is 3.47. The molecule has 0 saturated carbocycles. The first-order valence-corrected chi connectivity index (χ1v) is 3.77. The van der Waals surface area contributed by atoms with Crippen LogP contribution in [0.15, 0.2) is 0 Å². The average molecular weight is 162 g/mol. The van der Waals surface area contributed by atoms with E-state index in [2.05, 4.69) is 4.74 Å². The molecule has 0 radical (unpaired) electrons. The number of carbonyl (C=O) groups excluding carboxylic acids is 1. The van der Waals surface area contributed by atoms with Crippen LogP contribution >= 0.6 is 0 Å². The number of rotatable bonds is 4. The highest BCUT2D eigenvalue weighted by molar-refractivity contribution is 5.60. The third-order valence-corrected chi connectivity index (χ3v) is 0.999. The first kappa shape index (κ1) is 10.2. The third-order valence-electron chi connectivity index (χ3n) is 0.999. The van der Waals surface area contributed by atoms with Gasteiger partial charge >= 0.3 is 6.16 Å². The molecule has 4 nitrogen and oxygen atoms in total. The van der Waals surface area contributed by atoms with Gasteiger partial charge in [0, 0.05) is 4.79 Å². The van der Waals surface area contributed by atoms with Crippen LogP contribution in [-0.4, -0.2) is 19.4 Å². The van der Waals surface area contributed by atoms with Gasteiger partial charge < -0.3 is 14.5 Å². The summed E-state index contributed by atoms with van der Waals surface area (Å²) in [5.41, 5.74) is 0. The molecule has 0 aliphatic heterocycles. The van der Waals surface area contributed by atoms with Gasteiger partial charge in [-0.1, -0.05) is 13.8 Å². The topological polar surface area (TPSA) is 52.1 Å². The Kier molecular flexibility index (Phi) is 5.56. The van der Waals surface area contributed by atoms with E-state index >= 15 is 0 Å². The van der Waals surface area contributed by atoms with E-state index < -0.39 is 6.16 Å². The van der Waals surface area contributed by atoms with Crippen LogP contribution in [0.2, 0.25) is 0 Å². The van der Waals surface area contributed by atoms with E-state index in [1.54, 1.807) is 0 Å². The van der Waals surface area contributed by atoms with Crippen molar-refractivity contribution in [2.45, 2.75) is 26.7 Å². The predicted molar refractivity (Wildman–Crippen MR) is 37.9 cm³/mol. The SMILES string of the molecule is CCCOC(=O)[O+]([O-])CCC. The molecule has 0 aromatic heterocycles. The van der Waals surface area contributed by atoms with Gasteiger partial charge in [0.2, 0.25) is 0 Å². The van der Waals surface area contributed by atoms with E-state index in [1.165, 1.54) is 0 Å². The fraction of sp³-hybridized carbons (Fsp3) is 0.857. The average Bonchev–Trinajstić information content (AvgIpc) is 2.00. The molecule has 0 fully saturated rings. The van der Waals surface area contributed by atoms with E-state index in [-0.39, 0.29) is 6.61 Å². The zero-order valence-corrected chi connectivity index (χ0v) is 6.96. The van der Waals surface area contributed by atoms with Crippen LogP contribution in [0.5, 0.6) is 0 Å². The van der Waals surface area contributed by atoms with Crippen molar-refractivity contribution in [2.75, 3.05) is 13.2 Å². The highest BCUT2D eigenvalue weighted by atomic mass is 17.3. The van der Waals surface area contributed by atoms with Gasteiger partial charge in [0.15, 0.2) is 6.61 Å². The van der Waals surface area contributed by atoms with Crippen molar-refractivity contribution in [1.82, 2.24) is 0 Å². The van der Waals surface area contributed by atoms with Gasteiger partial charge in [0.05, 0.1) is 6.61 Å². The van der Waals surface area contributed by atoms with Gasteiger partial charge in [0.1, 0.15) is 0 Å². The maximum Gasteiger partial charge on any atom is 0.727 e. The molecule has 0 saturated heterocycles. The fourth-order valence-corrected chi connectivity index (χ4v) is 0.520. The van der Waals surface area contributed by atoms with E-state index in [0.717, 1.165) is 10.9 Å². The summed E-state index contributed by atoms with van der Waals surface area (Å²) in [7, 11) is 0. The third kappa shape index (κ3) is 4.61. The molecule has 0 rings (SSSR count). The minimum atomic E-state index is -0.853. The normalized spacial score (nSPS) is 9.36. The second-order valence-electron chi connectivity index (χ2n) is 2.15. The molecular weight excluding hydrogens is 148 g/mol. The Morgan fingerprint density at radius 2 is 2.09 bits per heavy atom. The zero-order chi connectivity index (χ0) is 8.69. The fourth-order valence-electron chi connectivity index (χ4n) is 0.520. The largest absolute Gasteiger partial charge is 0.727 e. The Morgan fingerprint density at radius 1 is 1.45 bits per heavy atom. The Bertz CT molecular complexity index is 113. The molecule has 4 heteroatoms. The lowest BCUT2D eigenvalue weighted by Gasteiger charge is -2.23. The number of hydrogen-bond donors (Lipinski definition) is 0. The van der Waals surface area contributed by atoms with Crippen LogP contribution < -0.4 is 5.26 Å². The highest BCUT2D eigenvalue weighted by Gasteiger charge is 2.15. The summed E-state index contributed by atoms with van der Waals surface area (Å²) >= 11 is 0. The van der Waals surface area contributed by atoms with Crippen molar-refractivity contribution in [1.29, 1.82) is 0 Å². The van der Waals surface area contributed by atoms with Crippen LogP contribution in [-0.2, 0) is 9.25 Å². The highest BCUT2D eigenvalue weighted by Crippen LogP contribution is 1.94. The van der Waals surface area contributed by atoms with Gasteiger partial charge in [-0.05, 0) is 12.8 Å². The van der Waals surface area contributed by atoms with Crippen molar-refractivity contribution >= 4 is 6.16 Å². The van der Waals surface area contributed by atoms with Crippen molar-refractivity contribution in [3.63, 3.8) is 0 Å². The lowest BCUT2D eigenvalue weighted by atomic mass is 10.5. The molecule has 0 spiro atoms. The molecular formula is C7H14O4. The number of ether oxygens (including phenoxy) is 1. The second-order valence-corrected chi connectivity index (χ2v) is 2.15. The summed E-state index contributed by atoms with van der Waals surface area (Å²) in [5.74, 6) is 0. The van der Waals surface area contributed by atoms with Crippen molar-refractivity contribution in [2.24, 2.45) is 0 Å². The molecule has 66 valence electrons. The van der Waals surface area contributed by atoms with E-state index in [4.69, 9.17) is 0 Å². The molecule has 11 heavy (non-hydrogen) atoms. The van der Waals surface area contributed by atoms with Crippen LogP contribution in [0.1, 0.15) is 26.7 Å². The van der Waals surface area contributed by atoms with E-state index in [1.807, 2.05) is 13.8 Å². The first-order valence-electron chi connectivity index (χ1n) is 3.77. The molecule has 0 bridgehead atoms. The number of hydrogen-bond acceptors (Lipinski definition) is 3. The Morgan fingerprint density at radius 3 is 2.55 bits per heavy atom. The smallest absolute Gasteiger partial charge is 0.626 e. The lowest BCUT2D eigenvalue weighted by Crippen LogP contribution is -2.33. The minimum Gasteiger partial charge on any atom is -0.626 e. The van der Waals surface area contributed by atoms with Gasteiger partial charge in [0.25, 0.3) is 0 Å². The first-order chi connectivity index (χ1) is 5.22. The van der Waals surface area contributed by atoms with Gasteiger partial charge in [-0.2, -0.15) is 0 Å². The molecule has 0 N–H and O–H groups in total. The molecule has 0 aromatic carbocycles. The standard InChI is InChI=1S/C7H14O4/c1-3-5-10-7(8)11(9)6-4-2/h3-6H2,1-2H3. The molecule has 0 aliphatic rings. The lowest BCUT2D eigenvalue weighted by molar-refractivity contribution is -0.759. The molecule has 0 heterocycles. The van der Waals surface area contributed by atoms with Gasteiger partial charge in [-0.15, -0.1) is 0 Å². The maximum absolute atomic E-state index is 10.6. The molecule has 0 amide bonds. The summed E-state index contributed by atoms with van der Waals surface area (Å²) in [6, 6.07) is 0. The summed E-state index contributed by atoms with van der Waals surface area (Å²) < 4.78 is 5.64. The van der Waals surface area contributed by atoms with Gasteiger partial charge in [-0.25, -0.2) is 0 Å². The quantitative estimate of drug-likeness (QED) is 0.265. The summed E-state index contributed by atoms with van der Waals surface area (Å²) in [6.07, 6.45) is 0.496. The molecule has 0 aromatic rings. The Hall–Kier alpha value is -0.770.